The maximum atomic E-state index is 14.7. The number of carbonyl (C=O) groups is 8. The van der Waals surface area contributed by atoms with E-state index in [2.05, 4.69) is 53.3 Å². The van der Waals surface area contributed by atoms with Crippen LogP contribution >= 0.6 is 11.3 Å². The molecule has 640 valence electrons. The number of nitrogens with zero attached hydrogens (tertiary/aromatic N) is 8. The van der Waals surface area contributed by atoms with E-state index in [0.717, 1.165) is 49.9 Å². The molecule has 0 spiro atoms. The van der Waals surface area contributed by atoms with Gasteiger partial charge in [0.1, 0.15) is 95.9 Å². The number of nitrogens with one attached hydrogen (secondary N) is 5. The molecule has 0 saturated carbocycles. The molecule has 17 atom stereocenters. The number of aromatic nitrogens is 5. The molecule has 38 nitrogen and oxygen atoms in total. The number of aromatic hydroxyl groups is 1. The summed E-state index contributed by atoms with van der Waals surface area (Å²) in [5.41, 5.74) is 6.40. The second-order valence-electron chi connectivity index (χ2n) is 29.0. The van der Waals surface area contributed by atoms with Gasteiger partial charge < -0.3 is 107 Å². The normalized spacial score (nSPS) is 23.2. The van der Waals surface area contributed by atoms with Crippen molar-refractivity contribution in [2.24, 2.45) is 11.7 Å². The number of thiazole rings is 1. The zero-order valence-electron chi connectivity index (χ0n) is 64.5. The number of nitriles is 1. The van der Waals surface area contributed by atoms with E-state index in [1.54, 1.807) is 61.5 Å². The van der Waals surface area contributed by atoms with E-state index in [9.17, 15) is 111 Å². The zero-order chi connectivity index (χ0) is 87.4. The Hall–Kier alpha value is -11.9. The Kier molecular flexibility index (Phi) is 29.7. The van der Waals surface area contributed by atoms with Crippen LogP contribution in [0.25, 0.3) is 33.8 Å². The van der Waals surface area contributed by atoms with Crippen LogP contribution in [0.2, 0.25) is 0 Å². The number of phenols is 1. The first kappa shape index (κ1) is 90.5. The zero-order valence-corrected chi connectivity index (χ0v) is 66.1. The summed E-state index contributed by atoms with van der Waals surface area (Å²) in [6.07, 6.45) is -14.5. The number of benzene rings is 5. The minimum absolute atomic E-state index is 0.0491. The van der Waals surface area contributed by atoms with Crippen molar-refractivity contribution in [1.82, 2.24) is 61.3 Å². The molecule has 3 fully saturated rings. The van der Waals surface area contributed by atoms with Crippen LogP contribution in [0, 0.1) is 28.9 Å². The van der Waals surface area contributed by atoms with Gasteiger partial charge in [0.25, 0.3) is 5.91 Å². The van der Waals surface area contributed by atoms with E-state index in [4.69, 9.17) is 20.3 Å². The van der Waals surface area contributed by atoms with Crippen LogP contribution in [0.15, 0.2) is 138 Å². The number of hydrogen-bond donors (Lipinski definition) is 17. The fourth-order valence-electron chi connectivity index (χ4n) is 13.7. The van der Waals surface area contributed by atoms with Gasteiger partial charge >= 0.3 is 10.4 Å². The lowest BCUT2D eigenvalue weighted by Crippen LogP contribution is -2.64. The van der Waals surface area contributed by atoms with E-state index >= 15 is 0 Å². The number of fused-ring (bicyclic) bond motifs is 2. The third-order valence-electron chi connectivity index (χ3n) is 20.4. The number of rotatable bonds is 24. The Morgan fingerprint density at radius 2 is 1.45 bits per heavy atom. The molecule has 120 heavy (non-hydrogen) atoms. The predicted molar refractivity (Wildman–Crippen MR) is 415 cm³/mol. The molecule has 0 aliphatic carbocycles. The van der Waals surface area contributed by atoms with Crippen molar-refractivity contribution >= 4 is 69.0 Å². The van der Waals surface area contributed by atoms with Gasteiger partial charge in [0.15, 0.2) is 23.5 Å². The first-order valence-electron chi connectivity index (χ1n) is 37.5. The van der Waals surface area contributed by atoms with Gasteiger partial charge in [-0.25, -0.2) is 23.4 Å². The molecule has 11 rings (SSSR count). The standard InChI is InChI=1S/C56H71N9O23S.C22H17F2N5OS/c1-4-5-6-17-86-32-14-11-28(12-15-32)39-21-33(63-87-39)27-7-9-29(10-8-27)49(75)58-34-20-38(70)52(78)62-54(80)45-46(72)25(2)23-65(45)56(82)43(37(69)22-41(57)71)60-53(79)44(48(74)47(73)30-13-16-36(68)40(18-30)88-89(83,84)85)61-51(77)35-19-31(67)24-64(35)55(81)42(26(3)66)59-50(34)76;1-14(21-28-20(10-31-21)16-4-2-15(9-25)3-5-16)22(30,11-29-13-26-12-27-29)18-7-6-17(23)8-19(18)24/h7-16,18,21,25-26,31,34-35,37-38,42-48,52,66-70,72-74,78H,4-6,17,19-20,22-24H2,1-3H3,(H2,57,71)(H,58,75)(H,59,76)(H,60,79)(H,61,77)(H,62,80)(H,83,84,85);2-8,10,12-14,30H,11H2,1H3/t25-,26+,31+,34-,35-,37+,38+,42-,43-,44-,45-,46-,47-,48-,52+;14-,22+/m00/s1. The lowest BCUT2D eigenvalue weighted by molar-refractivity contribution is -0.149. The summed E-state index contributed by atoms with van der Waals surface area (Å²) >= 11 is 1.33. The summed E-state index contributed by atoms with van der Waals surface area (Å²) in [5.74, 6) is -15.1. The Balaban J connectivity index is 0.000000404. The summed E-state index contributed by atoms with van der Waals surface area (Å²) in [4.78, 5) is 123. The van der Waals surface area contributed by atoms with Gasteiger partial charge in [-0.15, -0.1) is 11.3 Å². The largest absolute Gasteiger partial charge is 0.504 e. The van der Waals surface area contributed by atoms with Gasteiger partial charge in [-0.05, 0) is 85.6 Å². The van der Waals surface area contributed by atoms with Crippen LogP contribution in [0.3, 0.4) is 0 Å². The Morgan fingerprint density at radius 1 is 0.792 bits per heavy atom. The van der Waals surface area contributed by atoms with E-state index in [0.29, 0.717) is 73.1 Å². The van der Waals surface area contributed by atoms with Crippen LogP contribution in [-0.4, -0.2) is 245 Å². The molecule has 3 aliphatic rings. The summed E-state index contributed by atoms with van der Waals surface area (Å²) in [6, 6.07) is 15.7. The molecule has 42 heteroatoms. The average Bonchev–Trinajstić information content (AvgIpc) is 1.53. The van der Waals surface area contributed by atoms with Crippen molar-refractivity contribution in [3.05, 3.63) is 172 Å². The number of carbonyl (C=O) groups excluding carboxylic acids is 8. The Labute approximate surface area is 687 Å². The van der Waals surface area contributed by atoms with Gasteiger partial charge in [-0.2, -0.15) is 18.8 Å². The first-order valence-corrected chi connectivity index (χ1v) is 39.7. The van der Waals surface area contributed by atoms with E-state index in [1.807, 2.05) is 16.0 Å². The highest BCUT2D eigenvalue weighted by Gasteiger charge is 2.51. The summed E-state index contributed by atoms with van der Waals surface area (Å²) in [7, 11) is -5.35. The fourth-order valence-corrected chi connectivity index (χ4v) is 15.1. The molecule has 18 N–H and O–H groups in total. The number of amides is 8. The van der Waals surface area contributed by atoms with E-state index in [-0.39, 0.29) is 17.7 Å². The molecule has 3 aliphatic heterocycles. The SMILES string of the molecule is CCCCCOc1ccc(-c2cc(-c3ccc(C(=O)N[C@H]4C[C@@H](O)[C@@H](O)NC(=O)[C@@H]5[C@@H](O)[C@@H](C)CN5C(=O)[C@H]([C@H](O)CC(N)=O)NC(=O)[C@H]([C@H](O)[C@@H](O)c5ccc(O)c(OS(=O)(=O)O)c5)NC(=O)[C@@H]5C[C@@H](O)CN5C(=O)[C@H]([C@@H](C)O)NC4=O)cc3)no2)cc1.C[C@@H](c1nc(-c2ccc(C#N)cc2)cs1)[C@](O)(Cn1cncn1)c1ccc(F)cc1F. The van der Waals surface area contributed by atoms with Crippen LogP contribution in [0.5, 0.6) is 17.2 Å². The number of aliphatic hydroxyl groups excluding tert-OH is 8. The minimum atomic E-state index is -5.35. The maximum Gasteiger partial charge on any atom is 0.446 e. The third kappa shape index (κ3) is 22.0. The van der Waals surface area contributed by atoms with Gasteiger partial charge in [-0.3, -0.25) is 42.9 Å². The van der Waals surface area contributed by atoms with Gasteiger partial charge in [0.05, 0.1) is 66.3 Å². The molecule has 8 amide bonds. The second-order valence-corrected chi connectivity index (χ2v) is 31.0. The monoisotopic (exact) mass is 1710 g/mol. The Morgan fingerprint density at radius 3 is 2.09 bits per heavy atom. The van der Waals surface area contributed by atoms with Crippen molar-refractivity contribution in [2.75, 3.05) is 19.7 Å². The predicted octanol–water partition coefficient (Wildman–Crippen LogP) is 0.341. The van der Waals surface area contributed by atoms with Crippen molar-refractivity contribution in [1.29, 1.82) is 5.26 Å². The molecule has 5 aromatic carbocycles. The highest BCUT2D eigenvalue weighted by Crippen LogP contribution is 2.42. The lowest BCUT2D eigenvalue weighted by atomic mass is 9.82. The lowest BCUT2D eigenvalue weighted by Gasteiger charge is -2.34. The van der Waals surface area contributed by atoms with Gasteiger partial charge in [0.2, 0.25) is 41.4 Å². The maximum absolute atomic E-state index is 14.7. The van der Waals surface area contributed by atoms with Crippen LogP contribution in [0.1, 0.15) is 110 Å². The van der Waals surface area contributed by atoms with Crippen molar-refractivity contribution in [3.63, 3.8) is 0 Å². The van der Waals surface area contributed by atoms with E-state index < -0.39 is 221 Å². The van der Waals surface area contributed by atoms with E-state index in [1.165, 1.54) is 65.9 Å². The molecular weight excluding hydrogens is 1620 g/mol. The third-order valence-corrected chi connectivity index (χ3v) is 21.8. The summed E-state index contributed by atoms with van der Waals surface area (Å²) in [6.45, 7) is 5.38. The topological polar surface area (TPSA) is 598 Å². The fraction of sp³-hybridized carbons (Fsp3) is 0.397. The average molecular weight is 1710 g/mol. The molecule has 6 heterocycles. The second kappa shape index (κ2) is 39.3. The van der Waals surface area contributed by atoms with Crippen molar-refractivity contribution < 1.29 is 125 Å². The van der Waals surface area contributed by atoms with Crippen LogP contribution < -0.4 is 41.2 Å². The van der Waals surface area contributed by atoms with Crippen LogP contribution in [0.4, 0.5) is 8.78 Å². The number of aliphatic hydroxyl groups is 9. The Bertz CT molecular complexity index is 5140. The van der Waals surface area contributed by atoms with Crippen molar-refractivity contribution in [3.8, 4) is 57.2 Å². The quantitative estimate of drug-likeness (QED) is 0.0286. The highest BCUT2D eigenvalue weighted by atomic mass is 32.3. The number of ether oxygens (including phenoxy) is 1. The molecule has 0 radical (unpaired) electrons. The summed E-state index contributed by atoms with van der Waals surface area (Å²) < 4.78 is 77.7. The van der Waals surface area contributed by atoms with Crippen LogP contribution in [-0.2, 0) is 56.1 Å². The van der Waals surface area contributed by atoms with Crippen molar-refractivity contribution in [2.45, 2.75) is 169 Å². The number of primary amides is 1. The molecule has 3 aromatic heterocycles. The number of hydrogen-bond acceptors (Lipinski definition) is 29. The minimum Gasteiger partial charge on any atom is -0.504 e. The number of nitrogens with two attached hydrogens (primary N) is 1. The smallest absolute Gasteiger partial charge is 0.446 e. The van der Waals surface area contributed by atoms with Gasteiger partial charge in [0, 0.05) is 83.1 Å². The van der Waals surface area contributed by atoms with Gasteiger partial charge in [-0.1, -0.05) is 75.2 Å². The number of halogens is 2. The molecule has 0 unspecified atom stereocenters. The molecular formula is C78H88F2N14O24S2. The first-order chi connectivity index (χ1) is 56.9. The molecule has 8 aromatic rings. The molecule has 0 bridgehead atoms. The molecule has 3 saturated heterocycles. The number of unbranched alkanes of at least 4 members (excludes halogenated alkanes) is 2. The summed E-state index contributed by atoms with van der Waals surface area (Å²) in [5, 5.41) is 143. The highest BCUT2D eigenvalue weighted by molar-refractivity contribution is 7.81. The number of phenolic OH excluding ortho intramolecular Hbond substituents is 1.